The first-order chi connectivity index (χ1) is 10.6. The van der Waals surface area contributed by atoms with Gasteiger partial charge in [-0.2, -0.15) is 0 Å². The summed E-state index contributed by atoms with van der Waals surface area (Å²) in [6.45, 7) is 5.43. The Kier molecular flexibility index (Phi) is 8.60. The minimum atomic E-state index is -0.131. The van der Waals surface area contributed by atoms with Crippen molar-refractivity contribution in [3.05, 3.63) is 29.8 Å². The van der Waals surface area contributed by atoms with Gasteiger partial charge in [0, 0.05) is 6.61 Å². The second kappa shape index (κ2) is 10.2. The van der Waals surface area contributed by atoms with E-state index in [9.17, 15) is 4.79 Å². The van der Waals surface area contributed by atoms with E-state index in [4.69, 9.17) is 14.2 Å². The van der Waals surface area contributed by atoms with Crippen LogP contribution in [0, 0.1) is 11.8 Å². The van der Waals surface area contributed by atoms with Crippen LogP contribution >= 0.6 is 0 Å². The van der Waals surface area contributed by atoms with Gasteiger partial charge in [0.15, 0.2) is 0 Å². The van der Waals surface area contributed by atoms with E-state index < -0.39 is 0 Å². The van der Waals surface area contributed by atoms with Crippen molar-refractivity contribution in [2.75, 3.05) is 20.8 Å². The van der Waals surface area contributed by atoms with Crippen molar-refractivity contribution in [2.45, 2.75) is 39.7 Å². The Morgan fingerprint density at radius 1 is 1.05 bits per heavy atom. The molecular weight excluding hydrogens is 280 g/mol. The molecule has 4 heteroatoms. The Balaban J connectivity index is 2.33. The van der Waals surface area contributed by atoms with Crippen molar-refractivity contribution in [2.24, 2.45) is 11.8 Å². The molecule has 0 fully saturated rings. The van der Waals surface area contributed by atoms with Crippen LogP contribution in [-0.4, -0.2) is 26.8 Å². The van der Waals surface area contributed by atoms with E-state index in [1.54, 1.807) is 7.11 Å². The van der Waals surface area contributed by atoms with Gasteiger partial charge < -0.3 is 14.2 Å². The molecule has 1 rings (SSSR count). The van der Waals surface area contributed by atoms with Crippen LogP contribution in [0.3, 0.4) is 0 Å². The molecule has 0 aliphatic rings. The van der Waals surface area contributed by atoms with Crippen molar-refractivity contribution in [1.82, 2.24) is 0 Å². The van der Waals surface area contributed by atoms with Crippen molar-refractivity contribution in [3.63, 3.8) is 0 Å². The van der Waals surface area contributed by atoms with Gasteiger partial charge in [0.05, 0.1) is 26.7 Å². The molecule has 0 aliphatic heterocycles. The summed E-state index contributed by atoms with van der Waals surface area (Å²) in [6.07, 6.45) is 2.59. The summed E-state index contributed by atoms with van der Waals surface area (Å²) in [5.74, 6) is 1.23. The fourth-order valence-corrected chi connectivity index (χ4v) is 2.22. The fourth-order valence-electron chi connectivity index (χ4n) is 2.22. The van der Waals surface area contributed by atoms with E-state index in [2.05, 4.69) is 13.8 Å². The molecule has 1 aromatic carbocycles. The van der Waals surface area contributed by atoms with Crippen molar-refractivity contribution < 1.29 is 19.0 Å². The van der Waals surface area contributed by atoms with Crippen molar-refractivity contribution in [1.29, 1.82) is 0 Å². The Bertz CT molecular complexity index is 425. The van der Waals surface area contributed by atoms with Crippen LogP contribution in [0.15, 0.2) is 24.3 Å². The lowest BCUT2D eigenvalue weighted by molar-refractivity contribution is -0.146. The lowest BCUT2D eigenvalue weighted by atomic mass is 9.95. The summed E-state index contributed by atoms with van der Waals surface area (Å²) in [6, 6.07) is 7.79. The largest absolute Gasteiger partial charge is 0.497 e. The van der Waals surface area contributed by atoms with Gasteiger partial charge in [0.25, 0.3) is 0 Å². The molecule has 0 aromatic heterocycles. The van der Waals surface area contributed by atoms with E-state index in [1.165, 1.54) is 7.11 Å². The number of rotatable bonds is 10. The zero-order valence-corrected chi connectivity index (χ0v) is 14.1. The zero-order chi connectivity index (χ0) is 16.4. The summed E-state index contributed by atoms with van der Waals surface area (Å²) in [4.78, 5) is 11.8. The Hall–Kier alpha value is -1.55. The smallest absolute Gasteiger partial charge is 0.308 e. The highest BCUT2D eigenvalue weighted by Crippen LogP contribution is 2.18. The minimum absolute atomic E-state index is 0.0664. The van der Waals surface area contributed by atoms with Crippen LogP contribution in [0.5, 0.6) is 5.75 Å². The predicted octanol–water partition coefficient (Wildman–Crippen LogP) is 3.83. The molecule has 0 radical (unpaired) electrons. The first kappa shape index (κ1) is 18.5. The molecule has 124 valence electrons. The maximum absolute atomic E-state index is 11.8. The average Bonchev–Trinajstić information content (AvgIpc) is 2.53. The third-order valence-electron chi connectivity index (χ3n) is 3.67. The molecule has 0 spiro atoms. The monoisotopic (exact) mass is 308 g/mol. The molecule has 0 saturated carbocycles. The number of benzene rings is 1. The second-order valence-corrected chi connectivity index (χ2v) is 5.88. The summed E-state index contributed by atoms with van der Waals surface area (Å²) >= 11 is 0. The number of methoxy groups -OCH3 is 2. The van der Waals surface area contributed by atoms with E-state index in [0.29, 0.717) is 25.6 Å². The van der Waals surface area contributed by atoms with E-state index in [1.807, 2.05) is 24.3 Å². The first-order valence-electron chi connectivity index (χ1n) is 7.85. The fraction of sp³-hybridized carbons (Fsp3) is 0.611. The van der Waals surface area contributed by atoms with Gasteiger partial charge in [-0.05, 0) is 36.5 Å². The molecule has 0 amide bonds. The molecule has 0 heterocycles. The molecule has 22 heavy (non-hydrogen) atoms. The van der Waals surface area contributed by atoms with E-state index >= 15 is 0 Å². The highest BCUT2D eigenvalue weighted by atomic mass is 16.5. The molecular formula is C18H28O4. The van der Waals surface area contributed by atoms with Gasteiger partial charge in [0.2, 0.25) is 0 Å². The lowest BCUT2D eigenvalue weighted by Crippen LogP contribution is -2.19. The molecule has 0 saturated heterocycles. The molecule has 0 unspecified atom stereocenters. The predicted molar refractivity (Wildman–Crippen MR) is 86.8 cm³/mol. The van der Waals surface area contributed by atoms with Crippen LogP contribution in [-0.2, 0) is 20.9 Å². The summed E-state index contributed by atoms with van der Waals surface area (Å²) < 4.78 is 15.7. The van der Waals surface area contributed by atoms with Crippen molar-refractivity contribution >= 4 is 5.97 Å². The third kappa shape index (κ3) is 6.94. The molecule has 4 nitrogen and oxygen atoms in total. The normalized spacial score (nSPS) is 12.2. The second-order valence-electron chi connectivity index (χ2n) is 5.88. The van der Waals surface area contributed by atoms with E-state index in [-0.39, 0.29) is 11.9 Å². The molecule has 0 aliphatic carbocycles. The van der Waals surface area contributed by atoms with Gasteiger partial charge in [-0.15, -0.1) is 0 Å². The maximum Gasteiger partial charge on any atom is 0.308 e. The molecule has 0 bridgehead atoms. The minimum Gasteiger partial charge on any atom is -0.497 e. The number of esters is 1. The number of hydrogen-bond donors (Lipinski definition) is 0. The van der Waals surface area contributed by atoms with Crippen LogP contribution in [0.2, 0.25) is 0 Å². The average molecular weight is 308 g/mol. The molecule has 0 N–H and O–H groups in total. The highest BCUT2D eigenvalue weighted by Gasteiger charge is 2.19. The van der Waals surface area contributed by atoms with E-state index in [0.717, 1.165) is 24.2 Å². The lowest BCUT2D eigenvalue weighted by Gasteiger charge is -2.15. The van der Waals surface area contributed by atoms with Gasteiger partial charge in [-0.3, -0.25) is 4.79 Å². The number of hydrogen-bond acceptors (Lipinski definition) is 4. The molecule has 1 atom stereocenters. The van der Waals surface area contributed by atoms with Gasteiger partial charge in [-0.1, -0.05) is 32.4 Å². The summed E-state index contributed by atoms with van der Waals surface area (Å²) in [7, 11) is 3.10. The first-order valence-corrected chi connectivity index (χ1v) is 7.85. The van der Waals surface area contributed by atoms with Crippen LogP contribution in [0.4, 0.5) is 0 Å². The van der Waals surface area contributed by atoms with Crippen LogP contribution < -0.4 is 4.74 Å². The third-order valence-corrected chi connectivity index (χ3v) is 3.67. The van der Waals surface area contributed by atoms with Crippen LogP contribution in [0.1, 0.15) is 38.7 Å². The number of ether oxygens (including phenoxy) is 3. The highest BCUT2D eigenvalue weighted by molar-refractivity contribution is 5.72. The number of carbonyl (C=O) groups excluding carboxylic acids is 1. The van der Waals surface area contributed by atoms with Gasteiger partial charge in [0.1, 0.15) is 5.75 Å². The summed E-state index contributed by atoms with van der Waals surface area (Å²) in [5.41, 5.74) is 1.09. The SMILES string of the molecule is COC(=O)[C@H](CCOCc1ccc(OC)cc1)CCC(C)C. The topological polar surface area (TPSA) is 44.8 Å². The Morgan fingerprint density at radius 3 is 2.27 bits per heavy atom. The Morgan fingerprint density at radius 2 is 1.73 bits per heavy atom. The van der Waals surface area contributed by atoms with Gasteiger partial charge >= 0.3 is 5.97 Å². The zero-order valence-electron chi connectivity index (χ0n) is 14.1. The maximum atomic E-state index is 11.8. The molecule has 1 aromatic rings. The standard InChI is InChI=1S/C18H28O4/c1-14(2)5-8-16(18(19)21-4)11-12-22-13-15-6-9-17(20-3)10-7-15/h6-7,9-10,14,16H,5,8,11-13H2,1-4H3/t16-/m0/s1. The summed E-state index contributed by atoms with van der Waals surface area (Å²) in [5, 5.41) is 0. The number of carbonyl (C=O) groups is 1. The Labute approximate surface area is 133 Å². The quantitative estimate of drug-likeness (QED) is 0.487. The van der Waals surface area contributed by atoms with Crippen molar-refractivity contribution in [3.8, 4) is 5.75 Å². The van der Waals surface area contributed by atoms with Gasteiger partial charge in [-0.25, -0.2) is 0 Å². The van der Waals surface area contributed by atoms with Crippen LogP contribution in [0.25, 0.3) is 0 Å².